The normalized spacial score (nSPS) is 12.2. The zero-order valence-corrected chi connectivity index (χ0v) is 13.1. The van der Waals surface area contributed by atoms with Crippen molar-refractivity contribution in [2.24, 2.45) is 0 Å². The Morgan fingerprint density at radius 1 is 1.25 bits per heavy atom. The van der Waals surface area contributed by atoms with Crippen LogP contribution in [0, 0.1) is 5.82 Å². The van der Waals surface area contributed by atoms with E-state index in [1.165, 1.54) is 6.07 Å². The van der Waals surface area contributed by atoms with Gasteiger partial charge in [-0.05, 0) is 46.6 Å². The highest BCUT2D eigenvalue weighted by molar-refractivity contribution is 9.10. The molecule has 2 aromatic rings. The second kappa shape index (κ2) is 6.86. The Bertz CT molecular complexity index is 588. The molecular weight excluding hydrogens is 321 g/mol. The van der Waals surface area contributed by atoms with Crippen molar-refractivity contribution in [3.63, 3.8) is 0 Å². The number of ether oxygens (including phenoxy) is 1. The molecule has 0 saturated heterocycles. The van der Waals surface area contributed by atoms with Gasteiger partial charge in [-0.2, -0.15) is 0 Å². The minimum absolute atomic E-state index is 0.123. The van der Waals surface area contributed by atoms with Crippen molar-refractivity contribution < 1.29 is 9.13 Å². The Balaban J connectivity index is 2.04. The summed E-state index contributed by atoms with van der Waals surface area (Å²) in [6, 6.07) is 13.2. The summed E-state index contributed by atoms with van der Waals surface area (Å²) in [7, 11) is 1.66. The number of hydrogen-bond donors (Lipinski definition) is 1. The molecule has 0 fully saturated rings. The molecule has 0 aliphatic heterocycles. The Hall–Kier alpha value is -1.39. The third-order valence-electron chi connectivity index (χ3n) is 3.20. The topological polar surface area (TPSA) is 21.3 Å². The molecule has 0 bridgehead atoms. The van der Waals surface area contributed by atoms with Gasteiger partial charge in [-0.3, -0.25) is 0 Å². The van der Waals surface area contributed by atoms with Crippen molar-refractivity contribution in [2.45, 2.75) is 19.5 Å². The number of para-hydroxylation sites is 1. The second-order valence-corrected chi connectivity index (χ2v) is 5.45. The summed E-state index contributed by atoms with van der Waals surface area (Å²) in [5.41, 5.74) is 2.00. The number of halogens is 2. The monoisotopic (exact) mass is 337 g/mol. The predicted octanol–water partition coefficient (Wildman–Crippen LogP) is 4.45. The molecule has 1 atom stereocenters. The van der Waals surface area contributed by atoms with Gasteiger partial charge in [-0.1, -0.05) is 24.3 Å². The summed E-state index contributed by atoms with van der Waals surface area (Å²) in [4.78, 5) is 0. The summed E-state index contributed by atoms with van der Waals surface area (Å²) in [5.74, 6) is 0.615. The Morgan fingerprint density at radius 2 is 2.00 bits per heavy atom. The largest absolute Gasteiger partial charge is 0.496 e. The van der Waals surface area contributed by atoms with Crippen LogP contribution in [0.2, 0.25) is 0 Å². The molecule has 4 heteroatoms. The predicted molar refractivity (Wildman–Crippen MR) is 82.3 cm³/mol. The van der Waals surface area contributed by atoms with E-state index in [1.807, 2.05) is 30.3 Å². The van der Waals surface area contributed by atoms with E-state index in [0.717, 1.165) is 16.9 Å². The van der Waals surface area contributed by atoms with Crippen molar-refractivity contribution in [1.29, 1.82) is 0 Å². The van der Waals surface area contributed by atoms with Gasteiger partial charge in [-0.25, -0.2) is 4.39 Å². The van der Waals surface area contributed by atoms with Crippen LogP contribution in [0.3, 0.4) is 0 Å². The van der Waals surface area contributed by atoms with Gasteiger partial charge in [0.2, 0.25) is 0 Å². The van der Waals surface area contributed by atoms with Crippen LogP contribution in [0.4, 0.5) is 4.39 Å². The summed E-state index contributed by atoms with van der Waals surface area (Å²) in [6.45, 7) is 2.66. The maximum absolute atomic E-state index is 13.5. The van der Waals surface area contributed by atoms with Crippen LogP contribution in [0.5, 0.6) is 5.75 Å². The molecule has 1 unspecified atom stereocenters. The van der Waals surface area contributed by atoms with Crippen molar-refractivity contribution in [2.75, 3.05) is 7.11 Å². The molecule has 0 saturated carbocycles. The van der Waals surface area contributed by atoms with E-state index in [1.54, 1.807) is 13.2 Å². The zero-order chi connectivity index (χ0) is 14.5. The van der Waals surface area contributed by atoms with E-state index in [-0.39, 0.29) is 11.9 Å². The quantitative estimate of drug-likeness (QED) is 0.870. The van der Waals surface area contributed by atoms with Crippen LogP contribution in [0.15, 0.2) is 46.9 Å². The molecule has 0 radical (unpaired) electrons. The summed E-state index contributed by atoms with van der Waals surface area (Å²) < 4.78 is 19.3. The van der Waals surface area contributed by atoms with Gasteiger partial charge in [0.1, 0.15) is 11.6 Å². The van der Waals surface area contributed by atoms with Crippen LogP contribution < -0.4 is 10.1 Å². The van der Waals surface area contributed by atoms with Crippen molar-refractivity contribution >= 4 is 15.9 Å². The number of rotatable bonds is 5. The lowest BCUT2D eigenvalue weighted by molar-refractivity contribution is 0.401. The third kappa shape index (κ3) is 3.58. The molecular formula is C16H17BrFNO. The Kier molecular flexibility index (Phi) is 5.15. The highest BCUT2D eigenvalue weighted by Gasteiger charge is 2.10. The van der Waals surface area contributed by atoms with Gasteiger partial charge in [0.15, 0.2) is 0 Å². The summed E-state index contributed by atoms with van der Waals surface area (Å²) >= 11 is 3.15. The van der Waals surface area contributed by atoms with Gasteiger partial charge < -0.3 is 10.1 Å². The van der Waals surface area contributed by atoms with E-state index < -0.39 is 0 Å². The van der Waals surface area contributed by atoms with Crippen LogP contribution in [0.1, 0.15) is 24.1 Å². The Morgan fingerprint density at radius 3 is 2.70 bits per heavy atom. The fraction of sp³-hybridized carbons (Fsp3) is 0.250. The first-order chi connectivity index (χ1) is 9.61. The number of hydrogen-bond acceptors (Lipinski definition) is 2. The standard InChI is InChI=1S/C16H17BrFNO/c1-11(13-5-3-4-6-16(13)20-2)19-10-12-7-8-14(17)15(18)9-12/h3-9,11,19H,10H2,1-2H3. The van der Waals surface area contributed by atoms with Gasteiger partial charge in [-0.15, -0.1) is 0 Å². The van der Waals surface area contributed by atoms with Gasteiger partial charge in [0.25, 0.3) is 0 Å². The second-order valence-electron chi connectivity index (χ2n) is 4.59. The fourth-order valence-electron chi connectivity index (χ4n) is 2.05. The SMILES string of the molecule is COc1ccccc1C(C)NCc1ccc(Br)c(F)c1. The molecule has 2 aromatic carbocycles. The fourth-order valence-corrected chi connectivity index (χ4v) is 2.30. The summed E-state index contributed by atoms with van der Waals surface area (Å²) in [5, 5.41) is 3.37. The molecule has 0 aliphatic carbocycles. The minimum atomic E-state index is -0.241. The molecule has 2 nitrogen and oxygen atoms in total. The van der Waals surface area contributed by atoms with Crippen LogP contribution in [-0.2, 0) is 6.54 Å². The maximum Gasteiger partial charge on any atom is 0.137 e. The van der Waals surface area contributed by atoms with Crippen molar-refractivity contribution in [3.8, 4) is 5.75 Å². The minimum Gasteiger partial charge on any atom is -0.496 e. The molecule has 0 amide bonds. The van der Waals surface area contributed by atoms with E-state index in [4.69, 9.17) is 4.74 Å². The first kappa shape index (κ1) is 15.0. The molecule has 0 spiro atoms. The summed E-state index contributed by atoms with van der Waals surface area (Å²) in [6.07, 6.45) is 0. The third-order valence-corrected chi connectivity index (χ3v) is 3.84. The molecule has 0 aromatic heterocycles. The first-order valence-corrected chi connectivity index (χ1v) is 7.21. The van der Waals surface area contributed by atoms with Crippen molar-refractivity contribution in [3.05, 3.63) is 63.9 Å². The van der Waals surface area contributed by atoms with Gasteiger partial charge in [0.05, 0.1) is 11.6 Å². The average Bonchev–Trinajstić information content (AvgIpc) is 2.48. The zero-order valence-electron chi connectivity index (χ0n) is 11.5. The van der Waals surface area contributed by atoms with Crippen LogP contribution >= 0.6 is 15.9 Å². The van der Waals surface area contributed by atoms with Crippen molar-refractivity contribution in [1.82, 2.24) is 5.32 Å². The van der Waals surface area contributed by atoms with Gasteiger partial charge in [0, 0.05) is 18.2 Å². The number of methoxy groups -OCH3 is 1. The molecule has 0 heterocycles. The number of nitrogens with one attached hydrogen (secondary N) is 1. The highest BCUT2D eigenvalue weighted by Crippen LogP contribution is 2.24. The average molecular weight is 338 g/mol. The molecule has 0 aliphatic rings. The highest BCUT2D eigenvalue weighted by atomic mass is 79.9. The maximum atomic E-state index is 13.5. The van der Waals surface area contributed by atoms with E-state index in [0.29, 0.717) is 11.0 Å². The number of benzene rings is 2. The molecule has 106 valence electrons. The van der Waals surface area contributed by atoms with Crippen LogP contribution in [0.25, 0.3) is 0 Å². The lowest BCUT2D eigenvalue weighted by Gasteiger charge is -2.17. The van der Waals surface area contributed by atoms with E-state index in [9.17, 15) is 4.39 Å². The first-order valence-electron chi connectivity index (χ1n) is 6.42. The molecule has 20 heavy (non-hydrogen) atoms. The lowest BCUT2D eigenvalue weighted by Crippen LogP contribution is -2.18. The molecule has 1 N–H and O–H groups in total. The van der Waals surface area contributed by atoms with E-state index >= 15 is 0 Å². The smallest absolute Gasteiger partial charge is 0.137 e. The Labute approximate surface area is 127 Å². The van der Waals surface area contributed by atoms with E-state index in [2.05, 4.69) is 28.2 Å². The molecule has 2 rings (SSSR count). The lowest BCUT2D eigenvalue weighted by atomic mass is 10.1. The van der Waals surface area contributed by atoms with Gasteiger partial charge >= 0.3 is 0 Å². The van der Waals surface area contributed by atoms with Crippen LogP contribution in [-0.4, -0.2) is 7.11 Å².